The van der Waals surface area contributed by atoms with Gasteiger partial charge in [0.2, 0.25) is 5.78 Å². The number of hydrogen-bond donors (Lipinski definition) is 0. The molecule has 0 aliphatic heterocycles. The van der Waals surface area contributed by atoms with Crippen LogP contribution in [0.5, 0.6) is 5.75 Å². The van der Waals surface area contributed by atoms with Gasteiger partial charge in [0.25, 0.3) is 0 Å². The highest BCUT2D eigenvalue weighted by molar-refractivity contribution is 9.10. The number of carbonyl (C=O) groups excluding carboxylic acids is 1. The summed E-state index contributed by atoms with van der Waals surface area (Å²) < 4.78 is 6.74. The van der Waals surface area contributed by atoms with Crippen LogP contribution in [0, 0.1) is 6.92 Å². The van der Waals surface area contributed by atoms with Gasteiger partial charge in [-0.2, -0.15) is 0 Å². The summed E-state index contributed by atoms with van der Waals surface area (Å²) in [7, 11) is 0. The predicted octanol–water partition coefficient (Wildman–Crippen LogP) is 5.20. The van der Waals surface area contributed by atoms with Gasteiger partial charge in [0.05, 0.1) is 4.88 Å². The fourth-order valence-electron chi connectivity index (χ4n) is 1.90. The third-order valence-electron chi connectivity index (χ3n) is 2.97. The van der Waals surface area contributed by atoms with Crippen molar-refractivity contribution in [2.75, 3.05) is 6.61 Å². The highest BCUT2D eigenvalue weighted by atomic mass is 79.9. The lowest BCUT2D eigenvalue weighted by molar-refractivity contribution is 0.0924. The van der Waals surface area contributed by atoms with Crippen molar-refractivity contribution < 1.29 is 9.53 Å². The van der Waals surface area contributed by atoms with Gasteiger partial charge in [-0.05, 0) is 48.7 Å². The van der Waals surface area contributed by atoms with Crippen LogP contribution in [0.3, 0.4) is 0 Å². The second-order valence-corrected chi connectivity index (χ2v) is 7.16. The largest absolute Gasteiger partial charge is 0.485 e. The number of benzene rings is 1. The molecule has 0 amide bonds. The van der Waals surface area contributed by atoms with Crippen LogP contribution in [0.4, 0.5) is 0 Å². The van der Waals surface area contributed by atoms with Gasteiger partial charge in [-0.25, -0.2) is 0 Å². The minimum atomic E-state index is 0.0284. The molecule has 2 rings (SSSR count). The van der Waals surface area contributed by atoms with E-state index >= 15 is 0 Å². The number of ether oxygens (including phenoxy) is 1. The van der Waals surface area contributed by atoms with Crippen molar-refractivity contribution in [3.8, 4) is 5.75 Å². The normalized spacial score (nSPS) is 10.8. The summed E-state index contributed by atoms with van der Waals surface area (Å²) in [5.74, 6) is 1.16. The molecule has 0 spiro atoms. The number of hydrogen-bond acceptors (Lipinski definition) is 3. The van der Waals surface area contributed by atoms with Crippen LogP contribution >= 0.6 is 27.3 Å². The zero-order valence-electron chi connectivity index (χ0n) is 11.8. The van der Waals surface area contributed by atoms with Crippen molar-refractivity contribution in [2.45, 2.75) is 26.7 Å². The van der Waals surface area contributed by atoms with Gasteiger partial charge >= 0.3 is 0 Å². The first-order chi connectivity index (χ1) is 9.47. The number of Topliss-reactive ketones (excluding diaryl/α,β-unsaturated/α-hetero) is 1. The van der Waals surface area contributed by atoms with Crippen molar-refractivity contribution in [1.82, 2.24) is 0 Å². The molecule has 0 fully saturated rings. The van der Waals surface area contributed by atoms with Crippen molar-refractivity contribution in [1.29, 1.82) is 0 Å². The van der Waals surface area contributed by atoms with Crippen LogP contribution < -0.4 is 4.74 Å². The second kappa shape index (κ2) is 6.55. The fourth-order valence-corrected chi connectivity index (χ4v) is 3.07. The van der Waals surface area contributed by atoms with Gasteiger partial charge in [-0.15, -0.1) is 11.3 Å². The van der Waals surface area contributed by atoms with Crippen LogP contribution in [-0.2, 0) is 0 Å². The number of rotatable bonds is 5. The SMILES string of the molecule is Cc1ccc(C(=O)COc2ccc(Br)cc2C(C)C)s1. The summed E-state index contributed by atoms with van der Waals surface area (Å²) in [6.07, 6.45) is 0. The molecule has 0 aliphatic carbocycles. The van der Waals surface area contributed by atoms with E-state index < -0.39 is 0 Å². The molecule has 0 atom stereocenters. The van der Waals surface area contributed by atoms with E-state index in [0.717, 1.165) is 25.5 Å². The third kappa shape index (κ3) is 3.70. The van der Waals surface area contributed by atoms with E-state index in [2.05, 4.69) is 29.8 Å². The first-order valence-corrected chi connectivity index (χ1v) is 8.10. The van der Waals surface area contributed by atoms with Crippen LogP contribution in [-0.4, -0.2) is 12.4 Å². The molecule has 1 aromatic carbocycles. The Bertz CT molecular complexity index is 617. The van der Waals surface area contributed by atoms with Crippen molar-refractivity contribution in [3.05, 3.63) is 50.1 Å². The Morgan fingerprint density at radius 3 is 2.65 bits per heavy atom. The maximum Gasteiger partial charge on any atom is 0.210 e. The first-order valence-electron chi connectivity index (χ1n) is 6.49. The van der Waals surface area contributed by atoms with Crippen molar-refractivity contribution >= 4 is 33.0 Å². The molecule has 1 heterocycles. The molecular weight excluding hydrogens is 336 g/mol. The van der Waals surface area contributed by atoms with Crippen LogP contribution in [0.1, 0.15) is 39.9 Å². The van der Waals surface area contributed by atoms with Gasteiger partial charge < -0.3 is 4.74 Å². The van der Waals surface area contributed by atoms with Crippen LogP contribution in [0.2, 0.25) is 0 Å². The number of halogens is 1. The molecule has 0 aliphatic rings. The van der Waals surface area contributed by atoms with Gasteiger partial charge in [0.1, 0.15) is 5.75 Å². The zero-order valence-corrected chi connectivity index (χ0v) is 14.2. The summed E-state index contributed by atoms with van der Waals surface area (Å²) in [5, 5.41) is 0. The van der Waals surface area contributed by atoms with E-state index in [9.17, 15) is 4.79 Å². The average molecular weight is 353 g/mol. The predicted molar refractivity (Wildman–Crippen MR) is 87.1 cm³/mol. The molecule has 0 unspecified atom stereocenters. The maximum atomic E-state index is 12.1. The zero-order chi connectivity index (χ0) is 14.7. The summed E-state index contributed by atoms with van der Waals surface area (Å²) in [6.45, 7) is 6.30. The highest BCUT2D eigenvalue weighted by Crippen LogP contribution is 2.29. The van der Waals surface area contributed by atoms with Gasteiger partial charge in [-0.1, -0.05) is 29.8 Å². The van der Waals surface area contributed by atoms with Gasteiger partial charge in [-0.3, -0.25) is 4.79 Å². The lowest BCUT2D eigenvalue weighted by atomic mass is 10.0. The molecule has 4 heteroatoms. The first kappa shape index (κ1) is 15.3. The third-order valence-corrected chi connectivity index (χ3v) is 4.50. The van der Waals surface area contributed by atoms with E-state index in [1.807, 2.05) is 37.3 Å². The summed E-state index contributed by atoms with van der Waals surface area (Å²) in [5.41, 5.74) is 1.11. The molecule has 20 heavy (non-hydrogen) atoms. The number of ketones is 1. The number of aryl methyl sites for hydroxylation is 1. The van der Waals surface area contributed by atoms with E-state index in [1.165, 1.54) is 11.3 Å². The van der Waals surface area contributed by atoms with Crippen LogP contribution in [0.15, 0.2) is 34.8 Å². The topological polar surface area (TPSA) is 26.3 Å². The molecule has 2 aromatic rings. The number of thiophene rings is 1. The average Bonchev–Trinajstić information content (AvgIpc) is 2.83. The summed E-state index contributed by atoms with van der Waals surface area (Å²) >= 11 is 4.97. The number of carbonyl (C=O) groups is 1. The van der Waals surface area contributed by atoms with E-state index in [0.29, 0.717) is 5.92 Å². The smallest absolute Gasteiger partial charge is 0.210 e. The van der Waals surface area contributed by atoms with Crippen molar-refractivity contribution in [2.24, 2.45) is 0 Å². The Morgan fingerprint density at radius 2 is 2.05 bits per heavy atom. The van der Waals surface area contributed by atoms with E-state index in [4.69, 9.17) is 4.74 Å². The van der Waals surface area contributed by atoms with Crippen LogP contribution in [0.25, 0.3) is 0 Å². The molecule has 0 saturated carbocycles. The second-order valence-electron chi connectivity index (χ2n) is 4.96. The Labute approximate surface area is 131 Å². The summed E-state index contributed by atoms with van der Waals surface area (Å²) in [6, 6.07) is 9.70. The molecule has 106 valence electrons. The molecule has 0 N–H and O–H groups in total. The minimum absolute atomic E-state index is 0.0284. The van der Waals surface area contributed by atoms with Crippen molar-refractivity contribution in [3.63, 3.8) is 0 Å². The standard InChI is InChI=1S/C16H17BrO2S/c1-10(2)13-8-12(17)5-6-15(13)19-9-14(18)16-7-4-11(3)20-16/h4-8,10H,9H2,1-3H3. The lowest BCUT2D eigenvalue weighted by Gasteiger charge is -2.13. The Kier molecular flexibility index (Phi) is 5.00. The molecule has 0 bridgehead atoms. The lowest BCUT2D eigenvalue weighted by Crippen LogP contribution is -2.11. The molecular formula is C16H17BrO2S. The van der Waals surface area contributed by atoms with Gasteiger partial charge in [0.15, 0.2) is 6.61 Å². The van der Waals surface area contributed by atoms with Gasteiger partial charge in [0, 0.05) is 9.35 Å². The fraction of sp³-hybridized carbons (Fsp3) is 0.312. The maximum absolute atomic E-state index is 12.1. The molecule has 2 nitrogen and oxygen atoms in total. The molecule has 1 aromatic heterocycles. The monoisotopic (exact) mass is 352 g/mol. The quantitative estimate of drug-likeness (QED) is 0.690. The Morgan fingerprint density at radius 1 is 1.30 bits per heavy atom. The minimum Gasteiger partial charge on any atom is -0.485 e. The van der Waals surface area contributed by atoms with E-state index in [1.54, 1.807) is 0 Å². The molecule has 0 radical (unpaired) electrons. The Hall–Kier alpha value is -1.13. The Balaban J connectivity index is 2.09. The van der Waals surface area contributed by atoms with E-state index in [-0.39, 0.29) is 12.4 Å². The highest BCUT2D eigenvalue weighted by Gasteiger charge is 2.12. The summed E-state index contributed by atoms with van der Waals surface area (Å²) in [4.78, 5) is 13.9. The molecule has 0 saturated heterocycles.